The highest BCUT2D eigenvalue weighted by atomic mass is 19.4. The Morgan fingerprint density at radius 2 is 2.13 bits per heavy atom. The molecule has 1 saturated carbocycles. The molecule has 2 aliphatic rings. The molecule has 8 heteroatoms. The molecule has 2 fully saturated rings. The van der Waals surface area contributed by atoms with Crippen molar-refractivity contribution in [3.63, 3.8) is 0 Å². The molecule has 0 spiro atoms. The van der Waals surface area contributed by atoms with E-state index >= 15 is 0 Å². The summed E-state index contributed by atoms with van der Waals surface area (Å²) in [6, 6.07) is 5.80. The SMILES string of the molecule is CCNC(=NCC1(c2cccc(C(F)(F)F)c2)CCC1)N1CCC(c2cnn(C)c2)C1. The van der Waals surface area contributed by atoms with Crippen LogP contribution in [0.2, 0.25) is 0 Å². The van der Waals surface area contributed by atoms with Gasteiger partial charge in [0.25, 0.3) is 0 Å². The van der Waals surface area contributed by atoms with Crippen molar-refractivity contribution >= 4 is 5.96 Å². The number of aryl methyl sites for hydroxylation is 1. The van der Waals surface area contributed by atoms with Gasteiger partial charge in [0, 0.05) is 44.2 Å². The van der Waals surface area contributed by atoms with Crippen molar-refractivity contribution in [2.24, 2.45) is 12.0 Å². The molecule has 5 nitrogen and oxygen atoms in total. The zero-order valence-corrected chi connectivity index (χ0v) is 18.1. The first-order valence-electron chi connectivity index (χ1n) is 11.0. The van der Waals surface area contributed by atoms with E-state index in [0.717, 1.165) is 62.9 Å². The van der Waals surface area contributed by atoms with Crippen LogP contribution in [0.1, 0.15) is 55.2 Å². The lowest BCUT2D eigenvalue weighted by Crippen LogP contribution is -2.43. The number of aliphatic imine (C=N–C) groups is 1. The summed E-state index contributed by atoms with van der Waals surface area (Å²) in [7, 11) is 1.92. The third kappa shape index (κ3) is 4.57. The standard InChI is InChI=1S/C23H30F3N5/c1-3-27-21(31-11-8-17(15-31)18-13-29-30(2)14-18)28-16-22(9-5-10-22)19-6-4-7-20(12-19)23(24,25)26/h4,6-7,12-14,17H,3,5,8-11,15-16H2,1-2H3,(H,27,28). The molecule has 1 aliphatic carbocycles. The number of likely N-dealkylation sites (tertiary alicyclic amines) is 1. The molecule has 0 radical (unpaired) electrons. The first-order chi connectivity index (χ1) is 14.8. The molecule has 1 aliphatic heterocycles. The maximum absolute atomic E-state index is 13.2. The van der Waals surface area contributed by atoms with Gasteiger partial charge in [-0.1, -0.05) is 24.6 Å². The van der Waals surface area contributed by atoms with E-state index in [9.17, 15) is 13.2 Å². The molecule has 1 saturated heterocycles. The van der Waals surface area contributed by atoms with Gasteiger partial charge in [0.2, 0.25) is 0 Å². The maximum Gasteiger partial charge on any atom is 0.416 e. The molecule has 2 heterocycles. The summed E-state index contributed by atoms with van der Waals surface area (Å²) in [4.78, 5) is 7.18. The maximum atomic E-state index is 13.2. The topological polar surface area (TPSA) is 45.5 Å². The minimum atomic E-state index is -4.32. The van der Waals surface area contributed by atoms with E-state index in [4.69, 9.17) is 4.99 Å². The van der Waals surface area contributed by atoms with Crippen LogP contribution in [-0.4, -0.2) is 46.8 Å². The van der Waals surface area contributed by atoms with E-state index < -0.39 is 11.7 Å². The van der Waals surface area contributed by atoms with Crippen LogP contribution in [-0.2, 0) is 18.6 Å². The molecule has 1 N–H and O–H groups in total. The summed E-state index contributed by atoms with van der Waals surface area (Å²) in [5, 5.41) is 7.67. The summed E-state index contributed by atoms with van der Waals surface area (Å²) >= 11 is 0. The van der Waals surface area contributed by atoms with Crippen LogP contribution >= 0.6 is 0 Å². The Hall–Kier alpha value is -2.51. The fraction of sp³-hybridized carbons (Fsp3) is 0.565. The molecule has 1 atom stereocenters. The second kappa shape index (κ2) is 8.55. The minimum Gasteiger partial charge on any atom is -0.357 e. The number of guanidine groups is 1. The molecule has 1 unspecified atom stereocenters. The zero-order chi connectivity index (χ0) is 22.1. The summed E-state index contributed by atoms with van der Waals surface area (Å²) < 4.78 is 41.5. The summed E-state index contributed by atoms with van der Waals surface area (Å²) in [5.74, 6) is 1.27. The van der Waals surface area contributed by atoms with E-state index in [1.54, 1.807) is 0 Å². The van der Waals surface area contributed by atoms with Crippen LogP contribution < -0.4 is 5.32 Å². The Labute approximate surface area is 181 Å². The average Bonchev–Trinajstić information content (AvgIpc) is 3.35. The van der Waals surface area contributed by atoms with E-state index in [1.807, 2.05) is 30.9 Å². The zero-order valence-electron chi connectivity index (χ0n) is 18.1. The Balaban J connectivity index is 1.51. The molecular weight excluding hydrogens is 403 g/mol. The van der Waals surface area contributed by atoms with E-state index in [-0.39, 0.29) is 5.41 Å². The van der Waals surface area contributed by atoms with Crippen LogP contribution in [0.4, 0.5) is 13.2 Å². The molecule has 2 aromatic rings. The third-order valence-electron chi connectivity index (χ3n) is 6.66. The third-order valence-corrected chi connectivity index (χ3v) is 6.66. The summed E-state index contributed by atoms with van der Waals surface area (Å²) in [6.45, 7) is 5.07. The second-order valence-electron chi connectivity index (χ2n) is 8.76. The van der Waals surface area contributed by atoms with Gasteiger partial charge in [-0.15, -0.1) is 0 Å². The number of rotatable bonds is 5. The summed E-state index contributed by atoms with van der Waals surface area (Å²) in [5.41, 5.74) is 1.11. The minimum absolute atomic E-state index is 0.301. The lowest BCUT2D eigenvalue weighted by molar-refractivity contribution is -0.137. The molecule has 0 amide bonds. The highest BCUT2D eigenvalue weighted by Gasteiger charge is 2.40. The van der Waals surface area contributed by atoms with Crippen LogP contribution in [0.3, 0.4) is 0 Å². The second-order valence-corrected chi connectivity index (χ2v) is 8.76. The Morgan fingerprint density at radius 3 is 2.74 bits per heavy atom. The smallest absolute Gasteiger partial charge is 0.357 e. The normalized spacial score (nSPS) is 21.3. The fourth-order valence-electron chi connectivity index (χ4n) is 4.69. The highest BCUT2D eigenvalue weighted by Crippen LogP contribution is 2.45. The molecule has 168 valence electrons. The van der Waals surface area contributed by atoms with Gasteiger partial charge in [-0.2, -0.15) is 18.3 Å². The molecular formula is C23H30F3N5. The quantitative estimate of drug-likeness (QED) is 0.564. The van der Waals surface area contributed by atoms with Gasteiger partial charge in [0.15, 0.2) is 5.96 Å². The van der Waals surface area contributed by atoms with Gasteiger partial charge in [-0.25, -0.2) is 0 Å². The van der Waals surface area contributed by atoms with E-state index in [1.165, 1.54) is 17.7 Å². The lowest BCUT2D eigenvalue weighted by Gasteiger charge is -2.42. The molecule has 1 aromatic heterocycles. The number of benzene rings is 1. The van der Waals surface area contributed by atoms with Gasteiger partial charge in [-0.3, -0.25) is 9.67 Å². The molecule has 0 bridgehead atoms. The highest BCUT2D eigenvalue weighted by molar-refractivity contribution is 5.80. The lowest BCUT2D eigenvalue weighted by atomic mass is 9.64. The van der Waals surface area contributed by atoms with Gasteiger partial charge in [-0.05, 0) is 43.4 Å². The van der Waals surface area contributed by atoms with E-state index in [0.29, 0.717) is 12.5 Å². The predicted molar refractivity (Wildman–Crippen MR) is 115 cm³/mol. The Bertz CT molecular complexity index is 929. The van der Waals surface area contributed by atoms with E-state index in [2.05, 4.69) is 21.5 Å². The number of nitrogens with zero attached hydrogens (tertiary/aromatic N) is 4. The van der Waals surface area contributed by atoms with Crippen molar-refractivity contribution in [1.29, 1.82) is 0 Å². The first kappa shape index (κ1) is 21.7. The van der Waals surface area contributed by atoms with Crippen molar-refractivity contribution in [2.75, 3.05) is 26.2 Å². The van der Waals surface area contributed by atoms with Crippen molar-refractivity contribution in [3.05, 3.63) is 53.3 Å². The molecule has 1 aromatic carbocycles. The monoisotopic (exact) mass is 433 g/mol. The molecule has 31 heavy (non-hydrogen) atoms. The first-order valence-corrected chi connectivity index (χ1v) is 11.0. The van der Waals surface area contributed by atoms with Gasteiger partial charge < -0.3 is 10.2 Å². The van der Waals surface area contributed by atoms with Gasteiger partial charge in [0.05, 0.1) is 18.3 Å². The van der Waals surface area contributed by atoms with Crippen LogP contribution in [0.5, 0.6) is 0 Å². The largest absolute Gasteiger partial charge is 0.416 e. The van der Waals surface area contributed by atoms with Crippen molar-refractivity contribution in [3.8, 4) is 0 Å². The average molecular weight is 434 g/mol. The van der Waals surface area contributed by atoms with Crippen molar-refractivity contribution in [2.45, 2.75) is 50.1 Å². The van der Waals surface area contributed by atoms with Crippen LogP contribution in [0.15, 0.2) is 41.7 Å². The number of nitrogens with one attached hydrogen (secondary N) is 1. The number of hydrogen-bond acceptors (Lipinski definition) is 2. The van der Waals surface area contributed by atoms with Crippen LogP contribution in [0.25, 0.3) is 0 Å². The number of hydrogen-bond donors (Lipinski definition) is 1. The summed E-state index contributed by atoms with van der Waals surface area (Å²) in [6.07, 6.45) is 3.47. The van der Waals surface area contributed by atoms with Gasteiger partial charge in [0.1, 0.15) is 0 Å². The number of aromatic nitrogens is 2. The number of halogens is 3. The predicted octanol–water partition coefficient (Wildman–Crippen LogP) is 4.32. The van der Waals surface area contributed by atoms with Crippen molar-refractivity contribution < 1.29 is 13.2 Å². The van der Waals surface area contributed by atoms with Crippen molar-refractivity contribution in [1.82, 2.24) is 20.0 Å². The van der Waals surface area contributed by atoms with Crippen LogP contribution in [0, 0.1) is 0 Å². The fourth-order valence-corrected chi connectivity index (χ4v) is 4.69. The Kier molecular flexibility index (Phi) is 5.99. The molecule has 4 rings (SSSR count). The Morgan fingerprint density at radius 1 is 1.32 bits per heavy atom. The van der Waals surface area contributed by atoms with Gasteiger partial charge >= 0.3 is 6.18 Å². The number of alkyl halides is 3.